The van der Waals surface area contributed by atoms with E-state index in [0.717, 1.165) is 6.26 Å². The molecule has 138 valence electrons. The Morgan fingerprint density at radius 2 is 2.04 bits per heavy atom. The van der Waals surface area contributed by atoms with Gasteiger partial charge in [0.1, 0.15) is 0 Å². The Bertz CT molecular complexity index is 747. The second-order valence-electron chi connectivity index (χ2n) is 5.85. The molecular weight excluding hydrogens is 370 g/mol. The van der Waals surface area contributed by atoms with Crippen LogP contribution in [0.3, 0.4) is 0 Å². The minimum atomic E-state index is -3.25. The molecule has 0 aromatic carbocycles. The molecule has 1 atom stereocenters. The summed E-state index contributed by atoms with van der Waals surface area (Å²) in [5, 5.41) is 2.69. The fourth-order valence-corrected chi connectivity index (χ4v) is 3.50. The molecule has 0 aliphatic carbocycles. The van der Waals surface area contributed by atoms with Crippen molar-refractivity contribution in [3.05, 3.63) is 23.5 Å². The first-order chi connectivity index (χ1) is 11.7. The number of piperidine rings is 1. The molecule has 1 aromatic heterocycles. The van der Waals surface area contributed by atoms with Crippen LogP contribution < -0.4 is 5.32 Å². The van der Waals surface area contributed by atoms with Crippen molar-refractivity contribution in [1.82, 2.24) is 9.29 Å². The lowest BCUT2D eigenvalue weighted by atomic mass is 9.98. The molecule has 1 amide bonds. The number of carbonyl (C=O) groups is 2. The highest BCUT2D eigenvalue weighted by Crippen LogP contribution is 2.22. The van der Waals surface area contributed by atoms with Gasteiger partial charge < -0.3 is 10.1 Å². The smallest absolute Gasteiger partial charge is 0.309 e. The molecule has 0 spiro atoms. The predicted octanol–water partition coefficient (Wildman–Crippen LogP) is 1.28. The topological polar surface area (TPSA) is 106 Å². The maximum atomic E-state index is 12.2. The van der Waals surface area contributed by atoms with Gasteiger partial charge in [-0.2, -0.15) is 0 Å². The fraction of sp³-hybridized carbons (Fsp3) is 0.533. The van der Waals surface area contributed by atoms with Gasteiger partial charge in [-0.3, -0.25) is 9.59 Å². The number of esters is 1. The largest absolute Gasteiger partial charge is 0.452 e. The van der Waals surface area contributed by atoms with Gasteiger partial charge in [0.15, 0.2) is 11.3 Å². The fourth-order valence-electron chi connectivity index (χ4n) is 2.46. The number of rotatable bonds is 5. The highest BCUT2D eigenvalue weighted by atomic mass is 35.5. The molecule has 10 heteroatoms. The number of nitrogens with zero attached hydrogens (tertiary/aromatic N) is 2. The summed E-state index contributed by atoms with van der Waals surface area (Å²) < 4.78 is 29.5. The minimum Gasteiger partial charge on any atom is -0.452 e. The van der Waals surface area contributed by atoms with E-state index >= 15 is 0 Å². The lowest BCUT2D eigenvalue weighted by Gasteiger charge is -2.29. The van der Waals surface area contributed by atoms with Crippen molar-refractivity contribution in [1.29, 1.82) is 0 Å². The van der Waals surface area contributed by atoms with Crippen LogP contribution in [-0.4, -0.2) is 55.0 Å². The molecule has 0 bridgehead atoms. The van der Waals surface area contributed by atoms with E-state index in [1.54, 1.807) is 12.1 Å². The molecule has 1 fully saturated rings. The maximum absolute atomic E-state index is 12.2. The molecule has 8 nitrogen and oxygen atoms in total. The monoisotopic (exact) mass is 389 g/mol. The number of halogens is 1. The van der Waals surface area contributed by atoms with Crippen molar-refractivity contribution in [2.45, 2.75) is 25.9 Å². The average Bonchev–Trinajstić information content (AvgIpc) is 2.56. The number of carbonyl (C=O) groups excluding carboxylic acids is 2. The standard InChI is InChI=1S/C15H20ClN3O5S/c1-10(14(20)18-12-4-3-7-17-13(12)16)24-15(21)11-5-8-19(9-6-11)25(2,22)23/h3-4,7,10-11H,5-6,8-9H2,1-2H3,(H,18,20)/t10-/m0/s1. The minimum absolute atomic E-state index is 0.141. The summed E-state index contributed by atoms with van der Waals surface area (Å²) in [5.41, 5.74) is 0.332. The Labute approximate surface area is 151 Å². The van der Waals surface area contributed by atoms with E-state index in [0.29, 0.717) is 18.5 Å². The molecule has 2 heterocycles. The normalized spacial score (nSPS) is 17.7. The van der Waals surface area contributed by atoms with Crippen LogP contribution in [0.15, 0.2) is 18.3 Å². The van der Waals surface area contributed by atoms with Crippen molar-refractivity contribution in [3.8, 4) is 0 Å². The summed E-state index contributed by atoms with van der Waals surface area (Å²) in [4.78, 5) is 28.1. The molecule has 1 N–H and O–H groups in total. The third-order valence-corrected chi connectivity index (χ3v) is 5.54. The first-order valence-electron chi connectivity index (χ1n) is 7.75. The first kappa shape index (κ1) is 19.6. The van der Waals surface area contributed by atoms with Crippen molar-refractivity contribution in [3.63, 3.8) is 0 Å². The summed E-state index contributed by atoms with van der Waals surface area (Å²) in [6.45, 7) is 2.00. The van der Waals surface area contributed by atoms with E-state index in [9.17, 15) is 18.0 Å². The first-order valence-corrected chi connectivity index (χ1v) is 9.98. The third-order valence-electron chi connectivity index (χ3n) is 3.94. The number of hydrogen-bond acceptors (Lipinski definition) is 6. The molecule has 1 saturated heterocycles. The summed E-state index contributed by atoms with van der Waals surface area (Å²) in [6.07, 6.45) is 2.37. The number of hydrogen-bond donors (Lipinski definition) is 1. The number of ether oxygens (including phenoxy) is 1. The Morgan fingerprint density at radius 1 is 1.40 bits per heavy atom. The van der Waals surface area contributed by atoms with Gasteiger partial charge >= 0.3 is 5.97 Å². The number of nitrogens with one attached hydrogen (secondary N) is 1. The van der Waals surface area contributed by atoms with Gasteiger partial charge in [-0.1, -0.05) is 11.6 Å². The Morgan fingerprint density at radius 3 is 2.60 bits per heavy atom. The Hall–Kier alpha value is -1.71. The molecule has 0 unspecified atom stereocenters. The molecule has 1 aliphatic rings. The predicted molar refractivity (Wildman–Crippen MR) is 92.6 cm³/mol. The van der Waals surface area contributed by atoms with Gasteiger partial charge in [0.25, 0.3) is 5.91 Å². The number of amides is 1. The van der Waals surface area contributed by atoms with Crippen LogP contribution in [0.5, 0.6) is 0 Å². The maximum Gasteiger partial charge on any atom is 0.309 e. The zero-order valence-electron chi connectivity index (χ0n) is 13.9. The van der Waals surface area contributed by atoms with E-state index in [4.69, 9.17) is 16.3 Å². The Kier molecular flexibility index (Phi) is 6.36. The van der Waals surface area contributed by atoms with Gasteiger partial charge in [-0.15, -0.1) is 0 Å². The van der Waals surface area contributed by atoms with E-state index in [2.05, 4.69) is 10.3 Å². The lowest BCUT2D eigenvalue weighted by Crippen LogP contribution is -2.41. The molecular formula is C15H20ClN3O5S. The summed E-state index contributed by atoms with van der Waals surface area (Å²) >= 11 is 5.86. The van der Waals surface area contributed by atoms with Crippen LogP contribution in [0, 0.1) is 5.92 Å². The highest BCUT2D eigenvalue weighted by Gasteiger charge is 2.31. The molecule has 1 aromatic rings. The summed E-state index contributed by atoms with van der Waals surface area (Å²) in [6, 6.07) is 3.20. The molecule has 1 aliphatic heterocycles. The van der Waals surface area contributed by atoms with Gasteiger partial charge in [-0.25, -0.2) is 17.7 Å². The quantitative estimate of drug-likeness (QED) is 0.600. The highest BCUT2D eigenvalue weighted by molar-refractivity contribution is 7.88. The van der Waals surface area contributed by atoms with E-state index in [-0.39, 0.29) is 18.2 Å². The molecule has 25 heavy (non-hydrogen) atoms. The van der Waals surface area contributed by atoms with Crippen LogP contribution in [0.1, 0.15) is 19.8 Å². The zero-order chi connectivity index (χ0) is 18.6. The second-order valence-corrected chi connectivity index (χ2v) is 8.19. The Balaban J connectivity index is 1.86. The van der Waals surface area contributed by atoms with Crippen molar-refractivity contribution in [2.75, 3.05) is 24.7 Å². The molecule has 0 saturated carbocycles. The summed E-state index contributed by atoms with van der Waals surface area (Å²) in [5.74, 6) is -1.44. The zero-order valence-corrected chi connectivity index (χ0v) is 15.5. The summed E-state index contributed by atoms with van der Waals surface area (Å²) in [7, 11) is -3.25. The number of anilines is 1. The van der Waals surface area contributed by atoms with Crippen LogP contribution >= 0.6 is 11.6 Å². The van der Waals surface area contributed by atoms with E-state index in [1.165, 1.54) is 17.4 Å². The van der Waals surface area contributed by atoms with Gasteiger partial charge in [0, 0.05) is 19.3 Å². The van der Waals surface area contributed by atoms with Crippen molar-refractivity contribution in [2.24, 2.45) is 5.92 Å². The number of sulfonamides is 1. The SMILES string of the molecule is C[C@H](OC(=O)C1CCN(S(C)(=O)=O)CC1)C(=O)Nc1cccnc1Cl. The van der Waals surface area contributed by atoms with Crippen LogP contribution in [0.25, 0.3) is 0 Å². The van der Waals surface area contributed by atoms with Crippen LogP contribution in [0.2, 0.25) is 5.15 Å². The molecule has 2 rings (SSSR count). The van der Waals surface area contributed by atoms with Gasteiger partial charge in [0.05, 0.1) is 17.9 Å². The van der Waals surface area contributed by atoms with Gasteiger partial charge in [0.2, 0.25) is 10.0 Å². The van der Waals surface area contributed by atoms with E-state index in [1.807, 2.05) is 0 Å². The third kappa shape index (κ3) is 5.38. The number of pyridine rings is 1. The van der Waals surface area contributed by atoms with Crippen molar-refractivity contribution >= 4 is 39.2 Å². The lowest BCUT2D eigenvalue weighted by molar-refractivity contribution is -0.158. The molecule has 0 radical (unpaired) electrons. The van der Waals surface area contributed by atoms with Crippen LogP contribution in [0.4, 0.5) is 5.69 Å². The van der Waals surface area contributed by atoms with E-state index < -0.39 is 33.9 Å². The number of aromatic nitrogens is 1. The second kappa shape index (κ2) is 8.11. The van der Waals surface area contributed by atoms with Gasteiger partial charge in [-0.05, 0) is 31.9 Å². The van der Waals surface area contributed by atoms with Crippen LogP contribution in [-0.2, 0) is 24.3 Å². The van der Waals surface area contributed by atoms with Crippen molar-refractivity contribution < 1.29 is 22.7 Å². The average molecular weight is 390 g/mol.